The second-order valence-electron chi connectivity index (χ2n) is 5.68. The number of non-ortho nitro benzene ring substituents is 1. The molecule has 1 heterocycles. The van der Waals surface area contributed by atoms with E-state index in [1.165, 1.54) is 18.2 Å². The highest BCUT2D eigenvalue weighted by atomic mass is 35.5. The van der Waals surface area contributed by atoms with Crippen molar-refractivity contribution in [2.45, 2.75) is 0 Å². The first kappa shape index (κ1) is 16.1. The fourth-order valence-electron chi connectivity index (χ4n) is 2.78. The molecule has 6 nitrogen and oxygen atoms in total. The van der Waals surface area contributed by atoms with Gasteiger partial charge in [0.25, 0.3) is 5.69 Å². The number of aromatic amines is 1. The first-order valence-electron chi connectivity index (χ1n) is 7.69. The molecule has 0 saturated carbocycles. The van der Waals surface area contributed by atoms with Gasteiger partial charge < -0.3 is 9.72 Å². The Hall–Kier alpha value is -3.38. The number of nitrogens with one attached hydrogen (secondary N) is 1. The lowest BCUT2D eigenvalue weighted by atomic mass is 10.1. The van der Waals surface area contributed by atoms with Crippen LogP contribution in [0.2, 0.25) is 5.02 Å². The molecule has 0 unspecified atom stereocenters. The fourth-order valence-corrected chi connectivity index (χ4v) is 2.99. The van der Waals surface area contributed by atoms with Gasteiger partial charge in [0, 0.05) is 28.4 Å². The lowest BCUT2D eigenvalue weighted by Gasteiger charge is -2.09. The van der Waals surface area contributed by atoms with Gasteiger partial charge in [-0.15, -0.1) is 0 Å². The van der Waals surface area contributed by atoms with Crippen molar-refractivity contribution in [3.63, 3.8) is 0 Å². The minimum atomic E-state index is -0.531. The molecule has 0 aliphatic carbocycles. The van der Waals surface area contributed by atoms with Gasteiger partial charge in [-0.05, 0) is 36.4 Å². The third-order valence-corrected chi connectivity index (χ3v) is 4.33. The van der Waals surface area contributed by atoms with Crippen LogP contribution < -0.4 is 10.2 Å². The molecule has 3 aromatic carbocycles. The van der Waals surface area contributed by atoms with Gasteiger partial charge in [-0.1, -0.05) is 23.7 Å². The van der Waals surface area contributed by atoms with Crippen LogP contribution in [0.25, 0.3) is 21.8 Å². The lowest BCUT2D eigenvalue weighted by Crippen LogP contribution is -2.04. The quantitative estimate of drug-likeness (QED) is 0.313. The number of halogens is 1. The van der Waals surface area contributed by atoms with Gasteiger partial charge in [-0.3, -0.25) is 14.9 Å². The molecule has 1 aromatic heterocycles. The number of ether oxygens (including phenoxy) is 1. The summed E-state index contributed by atoms with van der Waals surface area (Å²) >= 11 is 6.05. The highest BCUT2D eigenvalue weighted by Crippen LogP contribution is 2.33. The maximum Gasteiger partial charge on any atom is 0.271 e. The minimum absolute atomic E-state index is 0.102. The molecule has 0 bridgehead atoms. The molecular formula is C19H11ClN2O4. The van der Waals surface area contributed by atoms with Gasteiger partial charge in [-0.2, -0.15) is 0 Å². The number of nitrogens with zero attached hydrogens (tertiary/aromatic N) is 1. The monoisotopic (exact) mass is 366 g/mol. The van der Waals surface area contributed by atoms with Crippen molar-refractivity contribution >= 4 is 39.1 Å². The van der Waals surface area contributed by atoms with Gasteiger partial charge in [0.05, 0.1) is 15.5 Å². The molecule has 0 atom stereocenters. The van der Waals surface area contributed by atoms with E-state index in [2.05, 4.69) is 4.98 Å². The Morgan fingerprint density at radius 2 is 1.73 bits per heavy atom. The summed E-state index contributed by atoms with van der Waals surface area (Å²) in [6, 6.07) is 16.3. The molecule has 0 aliphatic heterocycles. The Morgan fingerprint density at radius 3 is 2.50 bits per heavy atom. The lowest BCUT2D eigenvalue weighted by molar-refractivity contribution is -0.384. The fraction of sp³-hybridized carbons (Fsp3) is 0. The molecular weight excluding hydrogens is 356 g/mol. The van der Waals surface area contributed by atoms with E-state index in [0.29, 0.717) is 22.0 Å². The predicted molar refractivity (Wildman–Crippen MR) is 100 cm³/mol. The summed E-state index contributed by atoms with van der Waals surface area (Å²) in [7, 11) is 0. The van der Waals surface area contributed by atoms with Crippen LogP contribution >= 0.6 is 11.6 Å². The Kier molecular flexibility index (Phi) is 3.82. The van der Waals surface area contributed by atoms with E-state index in [4.69, 9.17) is 16.3 Å². The van der Waals surface area contributed by atoms with Crippen LogP contribution in [0.3, 0.4) is 0 Å². The summed E-state index contributed by atoms with van der Waals surface area (Å²) in [6.07, 6.45) is 0. The van der Waals surface area contributed by atoms with E-state index in [1.54, 1.807) is 30.3 Å². The molecule has 26 heavy (non-hydrogen) atoms. The number of fused-ring (bicyclic) bond motifs is 2. The predicted octanol–water partition coefficient (Wildman–Crippen LogP) is 5.04. The molecule has 7 heteroatoms. The molecule has 0 saturated heterocycles. The molecule has 4 rings (SSSR count). The third kappa shape index (κ3) is 2.76. The van der Waals surface area contributed by atoms with Crippen LogP contribution in [0, 0.1) is 10.1 Å². The Balaban J connectivity index is 1.78. The average Bonchev–Trinajstić information content (AvgIpc) is 2.64. The molecule has 0 amide bonds. The van der Waals surface area contributed by atoms with Crippen LogP contribution in [0.1, 0.15) is 0 Å². The average molecular weight is 367 g/mol. The zero-order valence-electron chi connectivity index (χ0n) is 13.2. The van der Waals surface area contributed by atoms with Crippen LogP contribution in [0.4, 0.5) is 5.69 Å². The zero-order valence-corrected chi connectivity index (χ0v) is 14.0. The van der Waals surface area contributed by atoms with E-state index in [-0.39, 0.29) is 21.9 Å². The Morgan fingerprint density at radius 1 is 0.962 bits per heavy atom. The van der Waals surface area contributed by atoms with Gasteiger partial charge >= 0.3 is 0 Å². The molecule has 4 aromatic rings. The Bertz CT molecular complexity index is 1230. The Labute approximate surface area is 151 Å². The number of nitro groups is 1. The van der Waals surface area contributed by atoms with E-state index in [1.807, 2.05) is 12.1 Å². The first-order chi connectivity index (χ1) is 12.5. The van der Waals surface area contributed by atoms with Crippen molar-refractivity contribution in [2.75, 3.05) is 0 Å². The number of pyridine rings is 1. The number of para-hydroxylation sites is 1. The molecule has 0 spiro atoms. The number of nitro benzene ring substituents is 1. The van der Waals surface area contributed by atoms with Gasteiger partial charge in [0.2, 0.25) is 0 Å². The van der Waals surface area contributed by atoms with Crippen LogP contribution in [-0.2, 0) is 0 Å². The van der Waals surface area contributed by atoms with Crippen molar-refractivity contribution in [1.29, 1.82) is 0 Å². The summed E-state index contributed by atoms with van der Waals surface area (Å²) in [5.74, 6) is 0.683. The topological polar surface area (TPSA) is 85.2 Å². The molecule has 128 valence electrons. The highest BCUT2D eigenvalue weighted by Gasteiger charge is 2.12. The molecule has 0 aliphatic rings. The summed E-state index contributed by atoms with van der Waals surface area (Å²) in [6.45, 7) is 0. The number of H-pyrrole nitrogens is 1. The summed E-state index contributed by atoms with van der Waals surface area (Å²) in [5.41, 5.74) is 1.23. The van der Waals surface area contributed by atoms with E-state index in [9.17, 15) is 14.9 Å². The highest BCUT2D eigenvalue weighted by molar-refractivity contribution is 6.32. The van der Waals surface area contributed by atoms with Gasteiger partial charge in [0.1, 0.15) is 11.5 Å². The van der Waals surface area contributed by atoms with E-state index in [0.717, 1.165) is 5.52 Å². The van der Waals surface area contributed by atoms with Crippen LogP contribution in [0.5, 0.6) is 11.5 Å². The van der Waals surface area contributed by atoms with E-state index >= 15 is 0 Å². The maximum absolute atomic E-state index is 12.7. The number of hydrogen-bond acceptors (Lipinski definition) is 4. The largest absolute Gasteiger partial charge is 0.456 e. The van der Waals surface area contributed by atoms with Crippen molar-refractivity contribution in [3.05, 3.63) is 86.0 Å². The first-order valence-corrected chi connectivity index (χ1v) is 8.07. The number of hydrogen-bond donors (Lipinski definition) is 1. The van der Waals surface area contributed by atoms with Gasteiger partial charge in [0.15, 0.2) is 5.43 Å². The van der Waals surface area contributed by atoms with Crippen molar-refractivity contribution in [1.82, 2.24) is 4.98 Å². The van der Waals surface area contributed by atoms with Gasteiger partial charge in [-0.25, -0.2) is 0 Å². The third-order valence-electron chi connectivity index (χ3n) is 4.03. The SMILES string of the molecule is O=c1c2ccccc2[nH]c2ccc(Oc3ccc([N+](=O)[O-])cc3Cl)cc12. The van der Waals surface area contributed by atoms with Crippen molar-refractivity contribution in [2.24, 2.45) is 0 Å². The van der Waals surface area contributed by atoms with Crippen molar-refractivity contribution in [3.8, 4) is 11.5 Å². The number of benzene rings is 3. The van der Waals surface area contributed by atoms with Crippen molar-refractivity contribution < 1.29 is 9.66 Å². The zero-order chi connectivity index (χ0) is 18.3. The molecule has 0 radical (unpaired) electrons. The standard InChI is InChI=1S/C19H11ClN2O4/c20-15-9-11(22(24)25)5-8-18(15)26-12-6-7-17-14(10-12)19(23)13-3-1-2-4-16(13)21-17/h1-10H,(H,21,23). The van der Waals surface area contributed by atoms with Crippen LogP contribution in [0.15, 0.2) is 65.5 Å². The number of rotatable bonds is 3. The maximum atomic E-state index is 12.7. The second-order valence-corrected chi connectivity index (χ2v) is 6.09. The van der Waals surface area contributed by atoms with E-state index < -0.39 is 4.92 Å². The summed E-state index contributed by atoms with van der Waals surface area (Å²) < 4.78 is 5.71. The minimum Gasteiger partial charge on any atom is -0.456 e. The summed E-state index contributed by atoms with van der Waals surface area (Å²) in [4.78, 5) is 26.2. The van der Waals surface area contributed by atoms with Crippen LogP contribution in [-0.4, -0.2) is 9.91 Å². The second kappa shape index (κ2) is 6.16. The molecule has 0 fully saturated rings. The normalized spacial score (nSPS) is 11.0. The summed E-state index contributed by atoms with van der Waals surface area (Å²) in [5, 5.41) is 12.0. The number of aromatic nitrogens is 1. The molecule has 1 N–H and O–H groups in total. The smallest absolute Gasteiger partial charge is 0.271 e.